The summed E-state index contributed by atoms with van der Waals surface area (Å²) in [5.41, 5.74) is 2.13. The Labute approximate surface area is 150 Å². The molecule has 2 aromatic rings. The van der Waals surface area contributed by atoms with E-state index < -0.39 is 0 Å². The third kappa shape index (κ3) is 5.65. The Kier molecular flexibility index (Phi) is 6.63. The Balaban J connectivity index is 1.83. The second-order valence-corrected chi connectivity index (χ2v) is 6.85. The maximum absolute atomic E-state index is 12.1. The number of hydrogen-bond donors (Lipinski definition) is 2. The Hall–Kier alpha value is -1.36. The molecule has 0 aliphatic heterocycles. The van der Waals surface area contributed by atoms with Crippen molar-refractivity contribution in [1.82, 2.24) is 10.6 Å². The first-order valence-electron chi connectivity index (χ1n) is 7.49. The largest absolute Gasteiger partial charge is 0.348 e. The number of amides is 1. The van der Waals surface area contributed by atoms with Gasteiger partial charge in [0.15, 0.2) is 0 Å². The first kappa shape index (κ1) is 18.0. The summed E-state index contributed by atoms with van der Waals surface area (Å²) in [4.78, 5) is 12.1. The zero-order valence-electron chi connectivity index (χ0n) is 13.1. The lowest BCUT2D eigenvalue weighted by molar-refractivity contribution is -0.121. The molecule has 0 aromatic heterocycles. The molecule has 1 amide bonds. The Morgan fingerprint density at radius 3 is 2.43 bits per heavy atom. The lowest BCUT2D eigenvalue weighted by Crippen LogP contribution is -2.36. The predicted octanol–water partition coefficient (Wildman–Crippen LogP) is 4.63. The molecule has 23 heavy (non-hydrogen) atoms. The van der Waals surface area contributed by atoms with Crippen LogP contribution in [-0.4, -0.2) is 12.5 Å². The molecule has 0 heterocycles. The topological polar surface area (TPSA) is 41.1 Å². The molecule has 2 atom stereocenters. The van der Waals surface area contributed by atoms with Crippen molar-refractivity contribution in [3.05, 3.63) is 69.2 Å². The van der Waals surface area contributed by atoms with E-state index in [2.05, 4.69) is 26.6 Å². The van der Waals surface area contributed by atoms with Gasteiger partial charge in [-0.1, -0.05) is 51.8 Å². The van der Waals surface area contributed by atoms with Crippen molar-refractivity contribution in [2.24, 2.45) is 0 Å². The summed E-state index contributed by atoms with van der Waals surface area (Å²) >= 11 is 9.40. The molecule has 2 N–H and O–H groups in total. The van der Waals surface area contributed by atoms with Gasteiger partial charge in [0.1, 0.15) is 0 Å². The zero-order valence-corrected chi connectivity index (χ0v) is 15.5. The lowest BCUT2D eigenvalue weighted by Gasteiger charge is -2.17. The van der Waals surface area contributed by atoms with Gasteiger partial charge in [0.2, 0.25) is 5.91 Å². The smallest absolute Gasteiger partial charge is 0.234 e. The Morgan fingerprint density at radius 1 is 1.09 bits per heavy atom. The summed E-state index contributed by atoms with van der Waals surface area (Å²) in [6, 6.07) is 15.6. The number of carbonyl (C=O) groups excluding carboxylic acids is 1. The maximum atomic E-state index is 12.1. The molecule has 5 heteroatoms. The molecule has 2 rings (SSSR count). The van der Waals surface area contributed by atoms with E-state index in [1.807, 2.05) is 62.4 Å². The molecule has 0 radical (unpaired) electrons. The first-order valence-corrected chi connectivity index (χ1v) is 8.66. The fraction of sp³-hybridized carbons (Fsp3) is 0.278. The van der Waals surface area contributed by atoms with Crippen LogP contribution in [0.15, 0.2) is 53.0 Å². The van der Waals surface area contributed by atoms with Crippen LogP contribution in [0, 0.1) is 0 Å². The van der Waals surface area contributed by atoms with Gasteiger partial charge in [0, 0.05) is 15.5 Å². The van der Waals surface area contributed by atoms with Crippen molar-refractivity contribution in [3.63, 3.8) is 0 Å². The minimum atomic E-state index is -0.0331. The average Bonchev–Trinajstić information content (AvgIpc) is 2.53. The highest BCUT2D eigenvalue weighted by molar-refractivity contribution is 9.10. The van der Waals surface area contributed by atoms with E-state index in [9.17, 15) is 4.79 Å². The van der Waals surface area contributed by atoms with Crippen molar-refractivity contribution >= 4 is 33.4 Å². The van der Waals surface area contributed by atoms with E-state index in [0.717, 1.165) is 15.6 Å². The molecule has 0 spiro atoms. The molecule has 0 bridgehead atoms. The van der Waals surface area contributed by atoms with E-state index in [0.29, 0.717) is 5.02 Å². The first-order chi connectivity index (χ1) is 11.0. The molecule has 0 saturated carbocycles. The van der Waals surface area contributed by atoms with Crippen LogP contribution in [0.5, 0.6) is 0 Å². The van der Waals surface area contributed by atoms with Crippen LogP contribution >= 0.6 is 27.5 Å². The minimum Gasteiger partial charge on any atom is -0.348 e. The normalized spacial score (nSPS) is 13.4. The number of halogens is 2. The molecule has 0 aliphatic rings. The summed E-state index contributed by atoms with van der Waals surface area (Å²) < 4.78 is 1.02. The molecule has 122 valence electrons. The highest BCUT2D eigenvalue weighted by Gasteiger charge is 2.11. The van der Waals surface area contributed by atoms with Crippen molar-refractivity contribution in [2.45, 2.75) is 25.9 Å². The predicted molar refractivity (Wildman–Crippen MR) is 98.6 cm³/mol. The number of rotatable bonds is 6. The summed E-state index contributed by atoms with van der Waals surface area (Å²) in [5, 5.41) is 6.90. The fourth-order valence-corrected chi connectivity index (χ4v) is 2.73. The molecular weight excluding hydrogens is 376 g/mol. The molecule has 0 saturated heterocycles. The van der Waals surface area contributed by atoms with Crippen LogP contribution < -0.4 is 10.6 Å². The van der Waals surface area contributed by atoms with Gasteiger partial charge in [-0.2, -0.15) is 0 Å². The van der Waals surface area contributed by atoms with E-state index in [1.165, 1.54) is 0 Å². The van der Waals surface area contributed by atoms with Gasteiger partial charge in [-0.15, -0.1) is 0 Å². The highest BCUT2D eigenvalue weighted by Crippen LogP contribution is 2.18. The van der Waals surface area contributed by atoms with Gasteiger partial charge in [0.25, 0.3) is 0 Å². The fourth-order valence-electron chi connectivity index (χ4n) is 2.27. The van der Waals surface area contributed by atoms with Gasteiger partial charge in [-0.3, -0.25) is 4.79 Å². The number of hydrogen-bond acceptors (Lipinski definition) is 2. The van der Waals surface area contributed by atoms with Crippen molar-refractivity contribution in [1.29, 1.82) is 0 Å². The van der Waals surface area contributed by atoms with Gasteiger partial charge in [-0.25, -0.2) is 0 Å². The highest BCUT2D eigenvalue weighted by atomic mass is 79.9. The Bertz CT molecular complexity index is 660. The van der Waals surface area contributed by atoms with Gasteiger partial charge in [-0.05, 0) is 49.2 Å². The van der Waals surface area contributed by atoms with Crippen LogP contribution in [-0.2, 0) is 4.79 Å². The van der Waals surface area contributed by atoms with Crippen molar-refractivity contribution in [2.75, 3.05) is 6.54 Å². The summed E-state index contributed by atoms with van der Waals surface area (Å²) in [6.07, 6.45) is 0. The van der Waals surface area contributed by atoms with Crippen LogP contribution in [0.25, 0.3) is 0 Å². The SMILES string of the molecule is C[C@H](NC(=O)CN[C@H](C)c1cccc(Cl)c1)c1ccc(Br)cc1. The second kappa shape index (κ2) is 8.48. The van der Waals surface area contributed by atoms with Crippen LogP contribution in [0.1, 0.15) is 37.1 Å². The standard InChI is InChI=1S/C18H20BrClN2O/c1-12(15-4-3-5-17(20)10-15)21-11-18(23)22-13(2)14-6-8-16(19)9-7-14/h3-10,12-13,21H,11H2,1-2H3,(H,22,23)/t12-,13+/m1/s1. The number of carbonyl (C=O) groups is 1. The summed E-state index contributed by atoms with van der Waals surface area (Å²) in [5.74, 6) is -0.0331. The van der Waals surface area contributed by atoms with Crippen molar-refractivity contribution in [3.8, 4) is 0 Å². The molecule has 3 nitrogen and oxygen atoms in total. The quantitative estimate of drug-likeness (QED) is 0.748. The van der Waals surface area contributed by atoms with E-state index in [1.54, 1.807) is 0 Å². The third-order valence-electron chi connectivity index (χ3n) is 3.66. The van der Waals surface area contributed by atoms with Crippen LogP contribution in [0.4, 0.5) is 0 Å². The average molecular weight is 396 g/mol. The molecule has 2 aromatic carbocycles. The molecule has 0 fully saturated rings. The van der Waals surface area contributed by atoms with E-state index >= 15 is 0 Å². The second-order valence-electron chi connectivity index (χ2n) is 5.50. The van der Waals surface area contributed by atoms with Crippen LogP contribution in [0.2, 0.25) is 5.02 Å². The molecule has 0 unspecified atom stereocenters. The maximum Gasteiger partial charge on any atom is 0.234 e. The molecule has 0 aliphatic carbocycles. The van der Waals surface area contributed by atoms with Gasteiger partial charge in [0.05, 0.1) is 12.6 Å². The van der Waals surface area contributed by atoms with E-state index in [-0.39, 0.29) is 24.5 Å². The zero-order chi connectivity index (χ0) is 16.8. The monoisotopic (exact) mass is 394 g/mol. The lowest BCUT2D eigenvalue weighted by atomic mass is 10.1. The van der Waals surface area contributed by atoms with Gasteiger partial charge < -0.3 is 10.6 Å². The van der Waals surface area contributed by atoms with Crippen molar-refractivity contribution < 1.29 is 4.79 Å². The number of nitrogens with one attached hydrogen (secondary N) is 2. The number of benzene rings is 2. The van der Waals surface area contributed by atoms with Crippen LogP contribution in [0.3, 0.4) is 0 Å². The summed E-state index contributed by atoms with van der Waals surface area (Å²) in [6.45, 7) is 4.24. The summed E-state index contributed by atoms with van der Waals surface area (Å²) in [7, 11) is 0. The molecular formula is C18H20BrClN2O. The third-order valence-corrected chi connectivity index (χ3v) is 4.43. The van der Waals surface area contributed by atoms with Gasteiger partial charge >= 0.3 is 0 Å². The van der Waals surface area contributed by atoms with E-state index in [4.69, 9.17) is 11.6 Å². The Morgan fingerprint density at radius 2 is 1.78 bits per heavy atom. The minimum absolute atomic E-state index is 0.0288.